The Morgan fingerprint density at radius 3 is 2.70 bits per heavy atom. The molecule has 0 aliphatic rings. The minimum absolute atomic E-state index is 0.0982. The molecule has 30 heavy (non-hydrogen) atoms. The summed E-state index contributed by atoms with van der Waals surface area (Å²) in [5, 5.41) is 7.88. The van der Waals surface area contributed by atoms with E-state index in [9.17, 15) is 9.59 Å². The number of thiazole rings is 1. The van der Waals surface area contributed by atoms with Gasteiger partial charge in [-0.3, -0.25) is 9.59 Å². The van der Waals surface area contributed by atoms with E-state index in [1.807, 2.05) is 60.8 Å². The van der Waals surface area contributed by atoms with Crippen LogP contribution in [0.5, 0.6) is 5.75 Å². The van der Waals surface area contributed by atoms with E-state index in [2.05, 4.69) is 15.6 Å². The van der Waals surface area contributed by atoms with Gasteiger partial charge in [-0.15, -0.1) is 23.1 Å². The number of rotatable bonds is 8. The van der Waals surface area contributed by atoms with Crippen molar-refractivity contribution in [1.29, 1.82) is 0 Å². The minimum atomic E-state index is -0.276. The van der Waals surface area contributed by atoms with E-state index in [4.69, 9.17) is 4.74 Å². The Labute approximate surface area is 184 Å². The summed E-state index contributed by atoms with van der Waals surface area (Å²) in [5.74, 6) is 0.534. The van der Waals surface area contributed by atoms with Gasteiger partial charge < -0.3 is 15.4 Å². The van der Waals surface area contributed by atoms with Gasteiger partial charge in [0.2, 0.25) is 11.8 Å². The van der Waals surface area contributed by atoms with Crippen molar-refractivity contribution in [2.45, 2.75) is 30.4 Å². The maximum atomic E-state index is 12.8. The molecule has 0 aliphatic heterocycles. The van der Waals surface area contributed by atoms with Gasteiger partial charge in [0.1, 0.15) is 5.75 Å². The van der Waals surface area contributed by atoms with Gasteiger partial charge in [0.05, 0.1) is 18.1 Å². The van der Waals surface area contributed by atoms with Crippen LogP contribution < -0.4 is 15.4 Å². The number of carbonyl (C=O) groups excluding carboxylic acids is 2. The van der Waals surface area contributed by atoms with E-state index in [1.54, 1.807) is 7.11 Å². The molecule has 0 aliphatic carbocycles. The number of benzene rings is 2. The lowest BCUT2D eigenvalue weighted by molar-refractivity contribution is -0.116. The molecule has 3 rings (SSSR count). The highest BCUT2D eigenvalue weighted by Gasteiger charge is 2.19. The monoisotopic (exact) mass is 441 g/mol. The van der Waals surface area contributed by atoms with Crippen LogP contribution in [0.15, 0.2) is 58.8 Å². The summed E-state index contributed by atoms with van der Waals surface area (Å²) in [6.07, 6.45) is 0.662. The summed E-state index contributed by atoms with van der Waals surface area (Å²) in [4.78, 5) is 29.5. The molecule has 1 unspecified atom stereocenters. The maximum absolute atomic E-state index is 12.8. The van der Waals surface area contributed by atoms with Gasteiger partial charge in [-0.2, -0.15) is 0 Å². The van der Waals surface area contributed by atoms with Crippen molar-refractivity contribution in [3.63, 3.8) is 0 Å². The van der Waals surface area contributed by atoms with Gasteiger partial charge in [-0.05, 0) is 36.8 Å². The number of nitrogens with zero attached hydrogens (tertiary/aromatic N) is 1. The van der Waals surface area contributed by atoms with Crippen molar-refractivity contribution in [1.82, 2.24) is 4.98 Å². The van der Waals surface area contributed by atoms with Gasteiger partial charge in [0.25, 0.3) is 0 Å². The number of thioether (sulfide) groups is 1. The molecule has 0 fully saturated rings. The Balaban J connectivity index is 1.67. The zero-order chi connectivity index (χ0) is 21.5. The third-order valence-electron chi connectivity index (χ3n) is 4.20. The third-order valence-corrected chi connectivity index (χ3v) is 6.31. The lowest BCUT2D eigenvalue weighted by atomic mass is 10.2. The Morgan fingerprint density at radius 1 is 1.17 bits per heavy atom. The van der Waals surface area contributed by atoms with Crippen LogP contribution in [0.2, 0.25) is 0 Å². The summed E-state index contributed by atoms with van der Waals surface area (Å²) in [7, 11) is 1.63. The van der Waals surface area contributed by atoms with Gasteiger partial charge >= 0.3 is 0 Å². The number of anilines is 2. The fraction of sp³-hybridized carbons (Fsp3) is 0.227. The number of amides is 2. The van der Waals surface area contributed by atoms with Crippen LogP contribution in [0.4, 0.5) is 10.8 Å². The molecule has 6 nitrogen and oxygen atoms in total. The van der Waals surface area contributed by atoms with Gasteiger partial charge in [-0.1, -0.05) is 25.1 Å². The van der Waals surface area contributed by atoms with E-state index in [-0.39, 0.29) is 17.1 Å². The zero-order valence-corrected chi connectivity index (χ0v) is 18.6. The van der Waals surface area contributed by atoms with E-state index in [0.717, 1.165) is 21.9 Å². The first-order chi connectivity index (χ1) is 14.5. The number of methoxy groups -OCH3 is 1. The molecule has 0 spiro atoms. The number of ether oxygens (including phenoxy) is 1. The average molecular weight is 442 g/mol. The molecule has 2 aromatic carbocycles. The Bertz CT molecular complexity index is 1040. The second kappa shape index (κ2) is 10.3. The Hall–Kier alpha value is -2.84. The summed E-state index contributed by atoms with van der Waals surface area (Å²) in [6, 6.07) is 15.1. The van der Waals surface area contributed by atoms with E-state index in [0.29, 0.717) is 17.2 Å². The quantitative estimate of drug-likeness (QED) is 0.465. The van der Waals surface area contributed by atoms with Gasteiger partial charge in [-0.25, -0.2) is 4.98 Å². The molecule has 8 heteroatoms. The molecular formula is C22H23N3O3S2. The first-order valence-corrected chi connectivity index (χ1v) is 11.2. The highest BCUT2D eigenvalue weighted by molar-refractivity contribution is 8.00. The third kappa shape index (κ3) is 5.84. The zero-order valence-electron chi connectivity index (χ0n) is 17.0. The van der Waals surface area contributed by atoms with Crippen molar-refractivity contribution < 1.29 is 14.3 Å². The summed E-state index contributed by atoms with van der Waals surface area (Å²) in [5.41, 5.74) is 2.44. The van der Waals surface area contributed by atoms with Crippen LogP contribution >= 0.6 is 23.1 Å². The molecule has 0 saturated carbocycles. The van der Waals surface area contributed by atoms with E-state index in [1.165, 1.54) is 30.0 Å². The normalized spacial score (nSPS) is 11.6. The van der Waals surface area contributed by atoms with Crippen molar-refractivity contribution in [2.75, 3.05) is 17.7 Å². The number of carbonyl (C=O) groups is 2. The van der Waals surface area contributed by atoms with Crippen LogP contribution in [0, 0.1) is 0 Å². The largest absolute Gasteiger partial charge is 0.497 e. The van der Waals surface area contributed by atoms with E-state index < -0.39 is 0 Å². The predicted octanol–water partition coefficient (Wildman–Crippen LogP) is 5.29. The number of hydrogen-bond donors (Lipinski definition) is 2. The molecule has 0 saturated heterocycles. The fourth-order valence-corrected chi connectivity index (χ4v) is 4.50. The first-order valence-electron chi connectivity index (χ1n) is 9.43. The molecule has 0 bridgehead atoms. The molecule has 156 valence electrons. The summed E-state index contributed by atoms with van der Waals surface area (Å²) >= 11 is 2.85. The topological polar surface area (TPSA) is 80.3 Å². The van der Waals surface area contributed by atoms with Crippen molar-refractivity contribution >= 4 is 45.7 Å². The standard InChI is InChI=1S/C22H23N3O3S2/c1-4-20(30-18-10-6-8-16(12-18)23-14(2)26)21(27)25-22-24-19(13-29-22)15-7-5-9-17(11-15)28-3/h5-13,20H,4H2,1-3H3,(H,23,26)(H,24,25,27). The van der Waals surface area contributed by atoms with Crippen LogP contribution in [-0.2, 0) is 9.59 Å². The van der Waals surface area contributed by atoms with E-state index >= 15 is 0 Å². The molecule has 1 heterocycles. The van der Waals surface area contributed by atoms with Crippen LogP contribution in [0.1, 0.15) is 20.3 Å². The van der Waals surface area contributed by atoms with Crippen molar-refractivity contribution in [3.8, 4) is 17.0 Å². The Kier molecular flexibility index (Phi) is 7.48. The summed E-state index contributed by atoms with van der Waals surface area (Å²) < 4.78 is 5.26. The average Bonchev–Trinajstić information content (AvgIpc) is 3.20. The SMILES string of the molecule is CCC(Sc1cccc(NC(C)=O)c1)C(=O)Nc1nc(-c2cccc(OC)c2)cs1. The van der Waals surface area contributed by atoms with Gasteiger partial charge in [0.15, 0.2) is 5.13 Å². The number of aromatic nitrogens is 1. The smallest absolute Gasteiger partial charge is 0.239 e. The molecule has 2 N–H and O–H groups in total. The number of hydrogen-bond acceptors (Lipinski definition) is 6. The van der Waals surface area contributed by atoms with Crippen LogP contribution in [0.25, 0.3) is 11.3 Å². The molecule has 0 radical (unpaired) electrons. The highest BCUT2D eigenvalue weighted by atomic mass is 32.2. The van der Waals surface area contributed by atoms with Crippen molar-refractivity contribution in [3.05, 3.63) is 53.9 Å². The first kappa shape index (κ1) is 21.9. The summed E-state index contributed by atoms with van der Waals surface area (Å²) in [6.45, 7) is 3.44. The maximum Gasteiger partial charge on any atom is 0.239 e. The fourth-order valence-electron chi connectivity index (χ4n) is 2.77. The molecule has 3 aromatic rings. The predicted molar refractivity (Wildman–Crippen MR) is 123 cm³/mol. The lowest BCUT2D eigenvalue weighted by Gasteiger charge is -2.14. The van der Waals surface area contributed by atoms with Crippen molar-refractivity contribution in [2.24, 2.45) is 0 Å². The highest BCUT2D eigenvalue weighted by Crippen LogP contribution is 2.30. The van der Waals surface area contributed by atoms with Crippen LogP contribution in [0.3, 0.4) is 0 Å². The number of nitrogens with one attached hydrogen (secondary N) is 2. The Morgan fingerprint density at radius 2 is 1.97 bits per heavy atom. The molecule has 1 atom stereocenters. The minimum Gasteiger partial charge on any atom is -0.497 e. The lowest BCUT2D eigenvalue weighted by Crippen LogP contribution is -2.24. The second-order valence-electron chi connectivity index (χ2n) is 6.48. The molecular weight excluding hydrogens is 418 g/mol. The molecule has 2 amide bonds. The molecule has 1 aromatic heterocycles. The van der Waals surface area contributed by atoms with Crippen LogP contribution in [-0.4, -0.2) is 29.2 Å². The van der Waals surface area contributed by atoms with Gasteiger partial charge in [0, 0.05) is 28.5 Å². The second-order valence-corrected chi connectivity index (χ2v) is 8.62.